The summed E-state index contributed by atoms with van der Waals surface area (Å²) in [5.74, 6) is -0.0443. The van der Waals surface area contributed by atoms with Crippen LogP contribution >= 0.6 is 11.3 Å². The zero-order valence-corrected chi connectivity index (χ0v) is 13.4. The summed E-state index contributed by atoms with van der Waals surface area (Å²) in [6.45, 7) is 5.16. The Morgan fingerprint density at radius 2 is 2.29 bits per heavy atom. The van der Waals surface area contributed by atoms with E-state index in [2.05, 4.69) is 0 Å². The summed E-state index contributed by atoms with van der Waals surface area (Å²) in [5.41, 5.74) is 0. The smallest absolute Gasteiger partial charge is 0.245 e. The van der Waals surface area contributed by atoms with Gasteiger partial charge in [0.2, 0.25) is 11.8 Å². The number of likely N-dealkylation sites (tertiary alicyclic amines) is 1. The van der Waals surface area contributed by atoms with Gasteiger partial charge in [-0.2, -0.15) is 0 Å². The Kier molecular flexibility index (Phi) is 5.36. The molecule has 0 aliphatic carbocycles. The predicted molar refractivity (Wildman–Crippen MR) is 82.0 cm³/mol. The van der Waals surface area contributed by atoms with Crippen molar-refractivity contribution in [2.75, 3.05) is 19.7 Å². The molecule has 0 aromatic carbocycles. The van der Waals surface area contributed by atoms with Crippen LogP contribution in [0.2, 0.25) is 0 Å². The first-order valence-corrected chi connectivity index (χ1v) is 8.09. The van der Waals surface area contributed by atoms with Crippen molar-refractivity contribution in [3.63, 3.8) is 0 Å². The van der Waals surface area contributed by atoms with Crippen LogP contribution in [0.5, 0.6) is 0 Å². The second-order valence-electron chi connectivity index (χ2n) is 5.36. The van der Waals surface area contributed by atoms with Crippen molar-refractivity contribution in [1.29, 1.82) is 0 Å². The van der Waals surface area contributed by atoms with Crippen LogP contribution in [-0.4, -0.2) is 52.5 Å². The second kappa shape index (κ2) is 7.04. The van der Waals surface area contributed by atoms with Crippen molar-refractivity contribution in [2.24, 2.45) is 0 Å². The Morgan fingerprint density at radius 3 is 2.81 bits per heavy atom. The minimum Gasteiger partial charge on any atom is -0.395 e. The fraction of sp³-hybridized carbons (Fsp3) is 0.600. The normalized spacial score (nSPS) is 16.3. The number of aryl methyl sites for hydroxylation is 1. The summed E-state index contributed by atoms with van der Waals surface area (Å²) in [6.07, 6.45) is 1.35. The van der Waals surface area contributed by atoms with Crippen LogP contribution in [0.25, 0.3) is 0 Å². The number of nitrogens with zero attached hydrogens (tertiary/aromatic N) is 2. The standard InChI is InChI=1S/C15H22N2O3S/c1-11-5-6-13(21-11)10-16(8-9-18)15(20)12(2)17-7-3-4-14(17)19/h5-6,12,18H,3-4,7-10H2,1-2H3/t12-/m1/s1. The highest BCUT2D eigenvalue weighted by Gasteiger charge is 2.32. The monoisotopic (exact) mass is 310 g/mol. The number of carbonyl (C=O) groups excluding carboxylic acids is 2. The van der Waals surface area contributed by atoms with E-state index >= 15 is 0 Å². The number of thiophene rings is 1. The zero-order chi connectivity index (χ0) is 15.4. The average Bonchev–Trinajstić information content (AvgIpc) is 3.05. The van der Waals surface area contributed by atoms with Gasteiger partial charge in [0.25, 0.3) is 0 Å². The number of hydrogen-bond donors (Lipinski definition) is 1. The van der Waals surface area contributed by atoms with Crippen molar-refractivity contribution < 1.29 is 14.7 Å². The van der Waals surface area contributed by atoms with Gasteiger partial charge in [-0.05, 0) is 32.4 Å². The van der Waals surface area contributed by atoms with Crippen molar-refractivity contribution >= 4 is 23.2 Å². The molecule has 0 saturated carbocycles. The largest absolute Gasteiger partial charge is 0.395 e. The molecule has 21 heavy (non-hydrogen) atoms. The second-order valence-corrected chi connectivity index (χ2v) is 6.73. The summed E-state index contributed by atoms with van der Waals surface area (Å²) in [5, 5.41) is 9.20. The first-order valence-electron chi connectivity index (χ1n) is 7.27. The van der Waals surface area contributed by atoms with Gasteiger partial charge in [0.15, 0.2) is 0 Å². The highest BCUT2D eigenvalue weighted by atomic mass is 32.1. The average molecular weight is 310 g/mol. The lowest BCUT2D eigenvalue weighted by atomic mass is 10.2. The Labute approximate surface area is 129 Å². The molecule has 0 spiro atoms. The number of aliphatic hydroxyl groups is 1. The van der Waals surface area contributed by atoms with Gasteiger partial charge in [-0.1, -0.05) is 0 Å². The van der Waals surface area contributed by atoms with Crippen molar-refractivity contribution in [2.45, 2.75) is 39.3 Å². The van der Waals surface area contributed by atoms with Crippen LogP contribution in [0, 0.1) is 6.92 Å². The molecule has 2 amide bonds. The highest BCUT2D eigenvalue weighted by molar-refractivity contribution is 7.11. The summed E-state index contributed by atoms with van der Waals surface area (Å²) in [6, 6.07) is 3.57. The fourth-order valence-electron chi connectivity index (χ4n) is 2.62. The maximum absolute atomic E-state index is 12.6. The summed E-state index contributed by atoms with van der Waals surface area (Å²) in [4.78, 5) is 29.9. The molecule has 1 atom stereocenters. The van der Waals surface area contributed by atoms with Gasteiger partial charge < -0.3 is 14.9 Å². The van der Waals surface area contributed by atoms with E-state index in [-0.39, 0.29) is 18.4 Å². The van der Waals surface area contributed by atoms with Gasteiger partial charge >= 0.3 is 0 Å². The third kappa shape index (κ3) is 3.83. The molecule has 2 heterocycles. The molecule has 1 aromatic rings. The Balaban J connectivity index is 2.05. The zero-order valence-electron chi connectivity index (χ0n) is 12.5. The molecule has 1 aliphatic rings. The molecule has 0 unspecified atom stereocenters. The van der Waals surface area contributed by atoms with E-state index in [0.717, 1.165) is 11.3 Å². The van der Waals surface area contributed by atoms with E-state index in [1.165, 1.54) is 4.88 Å². The molecule has 0 radical (unpaired) electrons. The van der Waals surface area contributed by atoms with E-state index in [1.54, 1.807) is 28.1 Å². The molecule has 1 saturated heterocycles. The van der Waals surface area contributed by atoms with Crippen LogP contribution in [0.1, 0.15) is 29.5 Å². The number of aliphatic hydroxyl groups excluding tert-OH is 1. The van der Waals surface area contributed by atoms with Gasteiger partial charge in [0.05, 0.1) is 13.2 Å². The van der Waals surface area contributed by atoms with Crippen LogP contribution in [0.4, 0.5) is 0 Å². The molecule has 1 aliphatic heterocycles. The quantitative estimate of drug-likeness (QED) is 0.864. The topological polar surface area (TPSA) is 60.9 Å². The van der Waals surface area contributed by atoms with Gasteiger partial charge in [0, 0.05) is 29.3 Å². The van der Waals surface area contributed by atoms with E-state index < -0.39 is 6.04 Å². The lowest BCUT2D eigenvalue weighted by Gasteiger charge is -2.29. The molecular weight excluding hydrogens is 288 g/mol. The SMILES string of the molecule is Cc1ccc(CN(CCO)C(=O)[C@@H](C)N2CCCC2=O)s1. The summed E-state index contributed by atoms with van der Waals surface area (Å²) >= 11 is 1.65. The first-order chi connectivity index (χ1) is 10.0. The molecule has 1 aromatic heterocycles. The fourth-order valence-corrected chi connectivity index (χ4v) is 3.53. The Bertz CT molecular complexity index is 515. The minimum atomic E-state index is -0.451. The van der Waals surface area contributed by atoms with Gasteiger partial charge in [-0.15, -0.1) is 11.3 Å². The van der Waals surface area contributed by atoms with E-state index in [9.17, 15) is 14.7 Å². The van der Waals surface area contributed by atoms with Crippen molar-refractivity contribution in [3.05, 3.63) is 21.9 Å². The Hall–Kier alpha value is -1.40. The van der Waals surface area contributed by atoms with E-state index in [1.807, 2.05) is 19.1 Å². The minimum absolute atomic E-state index is 0.0479. The predicted octanol–water partition coefficient (Wildman–Crippen LogP) is 1.39. The lowest BCUT2D eigenvalue weighted by molar-refractivity contribution is -0.143. The van der Waals surface area contributed by atoms with Crippen LogP contribution in [-0.2, 0) is 16.1 Å². The third-order valence-electron chi connectivity index (χ3n) is 3.76. The van der Waals surface area contributed by atoms with Crippen LogP contribution in [0.3, 0.4) is 0 Å². The first kappa shape index (κ1) is 16.0. The molecule has 1 N–H and O–H groups in total. The third-order valence-corrected chi connectivity index (χ3v) is 4.74. The highest BCUT2D eigenvalue weighted by Crippen LogP contribution is 2.19. The maximum Gasteiger partial charge on any atom is 0.245 e. The number of carbonyl (C=O) groups is 2. The lowest BCUT2D eigenvalue weighted by Crippen LogP contribution is -2.48. The molecule has 0 bridgehead atoms. The number of amides is 2. The molecule has 5 nitrogen and oxygen atoms in total. The molecule has 6 heteroatoms. The van der Waals surface area contributed by atoms with Gasteiger partial charge in [-0.3, -0.25) is 9.59 Å². The van der Waals surface area contributed by atoms with Crippen LogP contribution in [0.15, 0.2) is 12.1 Å². The van der Waals surface area contributed by atoms with Gasteiger partial charge in [-0.25, -0.2) is 0 Å². The van der Waals surface area contributed by atoms with E-state index in [4.69, 9.17) is 0 Å². The van der Waals surface area contributed by atoms with Crippen molar-refractivity contribution in [1.82, 2.24) is 9.80 Å². The van der Waals surface area contributed by atoms with E-state index in [0.29, 0.717) is 26.1 Å². The Morgan fingerprint density at radius 1 is 1.52 bits per heavy atom. The van der Waals surface area contributed by atoms with Crippen LogP contribution < -0.4 is 0 Å². The van der Waals surface area contributed by atoms with Crippen molar-refractivity contribution in [3.8, 4) is 0 Å². The molecule has 116 valence electrons. The molecular formula is C15H22N2O3S. The summed E-state index contributed by atoms with van der Waals surface area (Å²) in [7, 11) is 0. The molecule has 1 fully saturated rings. The van der Waals surface area contributed by atoms with Gasteiger partial charge in [0.1, 0.15) is 6.04 Å². The maximum atomic E-state index is 12.6. The number of hydrogen-bond acceptors (Lipinski definition) is 4. The molecule has 2 rings (SSSR count). The summed E-state index contributed by atoms with van der Waals surface area (Å²) < 4.78 is 0. The number of rotatable bonds is 6.